The van der Waals surface area contributed by atoms with Gasteiger partial charge in [-0.05, 0) is 0 Å². The van der Waals surface area contributed by atoms with E-state index in [1.165, 1.54) is 12.2 Å². The summed E-state index contributed by atoms with van der Waals surface area (Å²) < 4.78 is 0. The molecule has 0 bridgehead atoms. The third-order valence-corrected chi connectivity index (χ3v) is 18.3. The molecule has 0 saturated carbocycles. The quantitative estimate of drug-likeness (QED) is 0.602. The minimum atomic E-state index is -1.43. The van der Waals surface area contributed by atoms with E-state index in [0.717, 1.165) is 24.5 Å². The van der Waals surface area contributed by atoms with Gasteiger partial charge in [-0.15, -0.1) is 0 Å². The minimum absolute atomic E-state index is 0.317. The van der Waals surface area contributed by atoms with Crippen LogP contribution in [0.4, 0.5) is 0 Å². The van der Waals surface area contributed by atoms with Gasteiger partial charge in [0.15, 0.2) is 0 Å². The topological polar surface area (TPSA) is 37.3 Å². The fraction of sp³-hybridized carbons (Fsp3) is 0.875. The van der Waals surface area contributed by atoms with Crippen molar-refractivity contribution in [2.75, 3.05) is 5.75 Å². The second kappa shape index (κ2) is 7.54. The van der Waals surface area contributed by atoms with Gasteiger partial charge in [0.05, 0.1) is 0 Å². The van der Waals surface area contributed by atoms with Gasteiger partial charge in [0, 0.05) is 0 Å². The number of rotatable bonds is 5. The third-order valence-electron chi connectivity index (χ3n) is 2.03. The number of hydrogen-bond donors (Lipinski definition) is 1. The molecule has 1 atom stereocenters. The maximum atomic E-state index is 10.3. The van der Waals surface area contributed by atoms with E-state index in [1.807, 2.05) is 17.7 Å². The molecule has 1 aliphatic rings. The van der Waals surface area contributed by atoms with Gasteiger partial charge in [-0.1, -0.05) is 0 Å². The van der Waals surface area contributed by atoms with E-state index in [1.54, 1.807) is 0 Å². The van der Waals surface area contributed by atoms with Crippen LogP contribution in [0.1, 0.15) is 32.1 Å². The summed E-state index contributed by atoms with van der Waals surface area (Å²) in [7, 11) is 10.2. The van der Waals surface area contributed by atoms with Crippen molar-refractivity contribution >= 4 is 48.8 Å². The molecule has 1 saturated heterocycles. The summed E-state index contributed by atoms with van der Waals surface area (Å²) in [4.78, 5) is 10.3. The molecule has 1 aliphatic heterocycles. The van der Waals surface area contributed by atoms with Gasteiger partial charge in [-0.3, -0.25) is 0 Å². The molecular weight excluding hydrogens is 349 g/mol. The molecule has 0 aliphatic carbocycles. The van der Waals surface area contributed by atoms with Crippen molar-refractivity contribution in [3.05, 3.63) is 0 Å². The van der Waals surface area contributed by atoms with E-state index in [-0.39, 0.29) is 0 Å². The first-order valence-corrected chi connectivity index (χ1v) is 15.9. The molecule has 1 unspecified atom stereocenters. The average molecular weight is 364 g/mol. The molecule has 1 N–H and O–H groups in total. The summed E-state index contributed by atoms with van der Waals surface area (Å²) in [5.74, 6) is 0.549. The summed E-state index contributed by atoms with van der Waals surface area (Å²) in [6.07, 6.45) is 4.60. The van der Waals surface area contributed by atoms with Crippen molar-refractivity contribution < 1.29 is 9.90 Å². The first kappa shape index (κ1) is 13.3. The molecule has 1 fully saturated rings. The number of aliphatic carboxylic acids is 1. The van der Waals surface area contributed by atoms with Gasteiger partial charge < -0.3 is 0 Å². The van der Waals surface area contributed by atoms with E-state index in [4.69, 9.17) is 13.9 Å². The number of halogens is 1. The standard InChI is InChI=1S/C8H16O2S2.ClH.Sb/c9-8(10)4-2-1-3-7(12)5-6-11;;/h7,11-12H,1-6H2,(H,9,10);1H;/q;;+3/p-3. The SMILES string of the molecule is O=C(O)CCCCC1CC[S][Sb]([Cl])[S]1. The Morgan fingerprint density at radius 3 is 3.00 bits per heavy atom. The van der Waals surface area contributed by atoms with Crippen LogP contribution in [0.3, 0.4) is 0 Å². The molecular formula is C8H14ClO2S2Sb. The van der Waals surface area contributed by atoms with Crippen molar-refractivity contribution in [3.8, 4) is 0 Å². The van der Waals surface area contributed by atoms with Gasteiger partial charge >= 0.3 is 102 Å². The number of carbonyl (C=O) groups is 1. The average Bonchev–Trinajstić information content (AvgIpc) is 2.12. The van der Waals surface area contributed by atoms with Crippen molar-refractivity contribution in [2.45, 2.75) is 37.4 Å². The third kappa shape index (κ3) is 5.99. The molecule has 0 aromatic heterocycles. The summed E-state index contributed by atoms with van der Waals surface area (Å²) >= 11 is -1.43. The van der Waals surface area contributed by atoms with Gasteiger partial charge in [-0.25, -0.2) is 0 Å². The van der Waals surface area contributed by atoms with E-state index in [0.29, 0.717) is 6.42 Å². The zero-order chi connectivity index (χ0) is 10.4. The van der Waals surface area contributed by atoms with E-state index < -0.39 is 22.2 Å². The molecule has 0 amide bonds. The zero-order valence-electron chi connectivity index (χ0n) is 7.82. The Kier molecular flexibility index (Phi) is 7.18. The Hall–Kier alpha value is 1.28. The van der Waals surface area contributed by atoms with Crippen LogP contribution in [-0.4, -0.2) is 38.3 Å². The predicted molar refractivity (Wildman–Crippen MR) is 66.2 cm³/mol. The molecule has 0 radical (unpaired) electrons. The number of hydrogen-bond acceptors (Lipinski definition) is 3. The Bertz CT molecular complexity index is 194. The Morgan fingerprint density at radius 2 is 2.36 bits per heavy atom. The fourth-order valence-electron chi connectivity index (χ4n) is 1.30. The first-order chi connectivity index (χ1) is 6.68. The summed E-state index contributed by atoms with van der Waals surface area (Å²) in [5, 5.41) is 9.20. The molecule has 0 spiro atoms. The molecule has 0 aromatic carbocycles. The van der Waals surface area contributed by atoms with Crippen LogP contribution in [0.2, 0.25) is 0 Å². The van der Waals surface area contributed by atoms with Crippen molar-refractivity contribution in [1.29, 1.82) is 0 Å². The van der Waals surface area contributed by atoms with E-state index >= 15 is 0 Å². The molecule has 0 aromatic rings. The normalized spacial score (nSPS) is 23.6. The molecule has 14 heavy (non-hydrogen) atoms. The molecule has 6 heteroatoms. The predicted octanol–water partition coefficient (Wildman–Crippen LogP) is 3.09. The molecule has 82 valence electrons. The van der Waals surface area contributed by atoms with Crippen LogP contribution < -0.4 is 0 Å². The number of unbranched alkanes of at least 4 members (excludes halogenated alkanes) is 1. The molecule has 2 nitrogen and oxygen atoms in total. The van der Waals surface area contributed by atoms with Crippen LogP contribution in [0, 0.1) is 0 Å². The Morgan fingerprint density at radius 1 is 1.57 bits per heavy atom. The summed E-state index contributed by atoms with van der Waals surface area (Å²) in [6.45, 7) is 0. The second-order valence-corrected chi connectivity index (χ2v) is 21.4. The van der Waals surface area contributed by atoms with E-state index in [2.05, 4.69) is 0 Å². The van der Waals surface area contributed by atoms with Crippen LogP contribution >= 0.6 is 26.5 Å². The van der Waals surface area contributed by atoms with Crippen LogP contribution in [0.15, 0.2) is 0 Å². The van der Waals surface area contributed by atoms with E-state index in [9.17, 15) is 4.79 Å². The first-order valence-electron chi connectivity index (χ1n) is 4.66. The van der Waals surface area contributed by atoms with Crippen LogP contribution in [-0.2, 0) is 4.79 Å². The molecule has 1 heterocycles. The summed E-state index contributed by atoms with van der Waals surface area (Å²) in [5.41, 5.74) is 0. The Labute approximate surface area is 101 Å². The zero-order valence-corrected chi connectivity index (χ0v) is 12.8. The number of carboxylic acid groups (broad SMARTS) is 1. The second-order valence-electron chi connectivity index (χ2n) is 3.20. The van der Waals surface area contributed by atoms with Crippen molar-refractivity contribution in [2.24, 2.45) is 0 Å². The van der Waals surface area contributed by atoms with Crippen molar-refractivity contribution in [1.82, 2.24) is 0 Å². The van der Waals surface area contributed by atoms with Gasteiger partial charge in [-0.2, -0.15) is 0 Å². The Balaban J connectivity index is 2.03. The van der Waals surface area contributed by atoms with Gasteiger partial charge in [0.2, 0.25) is 0 Å². The van der Waals surface area contributed by atoms with Crippen LogP contribution in [0.25, 0.3) is 0 Å². The molecule has 1 rings (SSSR count). The van der Waals surface area contributed by atoms with Crippen LogP contribution in [0.5, 0.6) is 0 Å². The van der Waals surface area contributed by atoms with Gasteiger partial charge in [0.25, 0.3) is 0 Å². The monoisotopic (exact) mass is 362 g/mol. The number of carboxylic acids is 1. The maximum absolute atomic E-state index is 10.3. The summed E-state index contributed by atoms with van der Waals surface area (Å²) in [6, 6.07) is 0. The fourth-order valence-corrected chi connectivity index (χ4v) is 18.1. The van der Waals surface area contributed by atoms with Crippen molar-refractivity contribution in [3.63, 3.8) is 0 Å². The van der Waals surface area contributed by atoms with Gasteiger partial charge in [0.1, 0.15) is 0 Å².